The molecule has 0 spiro atoms. The van der Waals surface area contributed by atoms with Gasteiger partial charge in [0.15, 0.2) is 5.11 Å². The molecule has 1 unspecified atom stereocenters. The second-order valence-electron chi connectivity index (χ2n) is 4.34. The fourth-order valence-electron chi connectivity index (χ4n) is 1.96. The van der Waals surface area contributed by atoms with Gasteiger partial charge in [0.1, 0.15) is 6.61 Å². The molecule has 2 N–H and O–H groups in total. The first kappa shape index (κ1) is 16.4. The highest BCUT2D eigenvalue weighted by Crippen LogP contribution is 2.34. The maximum atomic E-state index is 12.3. The molecule has 1 aliphatic heterocycles. The molecule has 21 heavy (non-hydrogen) atoms. The summed E-state index contributed by atoms with van der Waals surface area (Å²) in [6.45, 7) is 2.40. The van der Waals surface area contributed by atoms with Crippen molar-refractivity contribution in [2.45, 2.75) is 13.0 Å². The molecule has 2 heterocycles. The number of hydrogen-bond acceptors (Lipinski definition) is 5. The summed E-state index contributed by atoms with van der Waals surface area (Å²) in [5.41, 5.74) is 1.24. The standard InChI is InChI=1S/C13H15BrN2O3S2/c1-7-10(12(17)19-6-5-18-2)11(16-13(20)15-7)8-3-4-9(14)21-8/h3-4,11H,5-6H2,1-2H3,(H2,15,16,20). The molecule has 1 atom stereocenters. The normalized spacial score (nSPS) is 18.2. The zero-order chi connectivity index (χ0) is 15.4. The summed E-state index contributed by atoms with van der Waals surface area (Å²) in [4.78, 5) is 13.3. The van der Waals surface area contributed by atoms with E-state index in [0.717, 1.165) is 8.66 Å². The van der Waals surface area contributed by atoms with Crippen molar-refractivity contribution in [3.8, 4) is 0 Å². The number of ether oxygens (including phenoxy) is 2. The molecule has 0 saturated heterocycles. The van der Waals surface area contributed by atoms with Crippen LogP contribution in [0.1, 0.15) is 17.8 Å². The van der Waals surface area contributed by atoms with Gasteiger partial charge in [0.2, 0.25) is 0 Å². The van der Waals surface area contributed by atoms with Crippen LogP contribution in [-0.2, 0) is 14.3 Å². The molecule has 0 aliphatic carbocycles. The zero-order valence-electron chi connectivity index (χ0n) is 11.6. The van der Waals surface area contributed by atoms with E-state index in [-0.39, 0.29) is 18.6 Å². The Morgan fingerprint density at radius 1 is 1.48 bits per heavy atom. The van der Waals surface area contributed by atoms with E-state index >= 15 is 0 Å². The molecule has 8 heteroatoms. The highest BCUT2D eigenvalue weighted by atomic mass is 79.9. The van der Waals surface area contributed by atoms with E-state index in [4.69, 9.17) is 21.7 Å². The molecular formula is C13H15BrN2O3S2. The minimum Gasteiger partial charge on any atom is -0.460 e. The quantitative estimate of drug-likeness (QED) is 0.457. The van der Waals surface area contributed by atoms with Gasteiger partial charge in [-0.3, -0.25) is 0 Å². The molecule has 5 nitrogen and oxygen atoms in total. The monoisotopic (exact) mass is 390 g/mol. The average Bonchev–Trinajstić information content (AvgIpc) is 2.84. The molecule has 2 rings (SSSR count). The molecular weight excluding hydrogens is 376 g/mol. The maximum absolute atomic E-state index is 12.3. The van der Waals surface area contributed by atoms with E-state index in [0.29, 0.717) is 23.0 Å². The molecule has 1 aliphatic rings. The van der Waals surface area contributed by atoms with E-state index in [2.05, 4.69) is 26.6 Å². The van der Waals surface area contributed by atoms with Gasteiger partial charge in [-0.2, -0.15) is 0 Å². The Labute approximate surface area is 140 Å². The van der Waals surface area contributed by atoms with E-state index in [1.165, 1.54) is 0 Å². The van der Waals surface area contributed by atoms with E-state index in [1.54, 1.807) is 18.4 Å². The summed E-state index contributed by atoms with van der Waals surface area (Å²) in [6, 6.07) is 3.59. The Hall–Kier alpha value is -0.960. The number of carbonyl (C=O) groups excluding carboxylic acids is 1. The predicted octanol–water partition coefficient (Wildman–Crippen LogP) is 2.49. The fraction of sp³-hybridized carbons (Fsp3) is 0.385. The first-order valence-corrected chi connectivity index (χ1v) is 8.24. The van der Waals surface area contributed by atoms with Gasteiger partial charge in [0.05, 0.1) is 22.0 Å². The summed E-state index contributed by atoms with van der Waals surface area (Å²) in [6.07, 6.45) is 0. The van der Waals surface area contributed by atoms with Crippen LogP contribution in [0.2, 0.25) is 0 Å². The molecule has 0 fully saturated rings. The fourth-order valence-corrected chi connectivity index (χ4v) is 3.71. The van der Waals surface area contributed by atoms with Crippen LogP contribution in [0.3, 0.4) is 0 Å². The molecule has 1 aromatic heterocycles. The van der Waals surface area contributed by atoms with Crippen molar-refractivity contribution < 1.29 is 14.3 Å². The van der Waals surface area contributed by atoms with Crippen LogP contribution in [0, 0.1) is 0 Å². The summed E-state index contributed by atoms with van der Waals surface area (Å²) < 4.78 is 11.1. The lowest BCUT2D eigenvalue weighted by Gasteiger charge is -2.28. The van der Waals surface area contributed by atoms with Crippen LogP contribution in [0.5, 0.6) is 0 Å². The van der Waals surface area contributed by atoms with Crippen molar-refractivity contribution in [2.75, 3.05) is 20.3 Å². The number of esters is 1. The summed E-state index contributed by atoms with van der Waals surface area (Å²) in [7, 11) is 1.56. The SMILES string of the molecule is COCCOC(=O)C1=C(C)NC(=S)NC1c1ccc(Br)s1. The summed E-state index contributed by atoms with van der Waals surface area (Å²) >= 11 is 10.2. The average molecular weight is 391 g/mol. The summed E-state index contributed by atoms with van der Waals surface area (Å²) in [5, 5.41) is 6.58. The Bertz CT molecular complexity index is 586. The number of halogens is 1. The lowest BCUT2D eigenvalue weighted by Crippen LogP contribution is -2.45. The zero-order valence-corrected chi connectivity index (χ0v) is 14.8. The smallest absolute Gasteiger partial charge is 0.338 e. The first-order valence-electron chi connectivity index (χ1n) is 6.22. The Morgan fingerprint density at radius 3 is 2.86 bits per heavy atom. The van der Waals surface area contributed by atoms with Crippen LogP contribution in [-0.4, -0.2) is 31.4 Å². The molecule has 0 aromatic carbocycles. The van der Waals surface area contributed by atoms with Crippen molar-refractivity contribution >= 4 is 50.6 Å². The highest BCUT2D eigenvalue weighted by Gasteiger charge is 2.31. The maximum Gasteiger partial charge on any atom is 0.338 e. The molecule has 0 amide bonds. The number of thiophene rings is 1. The van der Waals surface area contributed by atoms with Gasteiger partial charge < -0.3 is 20.1 Å². The number of nitrogens with one attached hydrogen (secondary N) is 2. The topological polar surface area (TPSA) is 59.6 Å². The third-order valence-corrected chi connectivity index (χ3v) is 4.80. The van der Waals surface area contributed by atoms with Gasteiger partial charge in [-0.15, -0.1) is 11.3 Å². The second-order valence-corrected chi connectivity index (χ2v) is 7.24. The summed E-state index contributed by atoms with van der Waals surface area (Å²) in [5.74, 6) is -0.374. The molecule has 114 valence electrons. The van der Waals surface area contributed by atoms with Crippen molar-refractivity contribution in [1.82, 2.24) is 10.6 Å². The van der Waals surface area contributed by atoms with Gasteiger partial charge in [-0.05, 0) is 47.2 Å². The van der Waals surface area contributed by atoms with Crippen molar-refractivity contribution in [2.24, 2.45) is 0 Å². The molecule has 0 radical (unpaired) electrons. The van der Waals surface area contributed by atoms with Gasteiger partial charge >= 0.3 is 5.97 Å². The minimum atomic E-state index is -0.374. The van der Waals surface area contributed by atoms with Gasteiger partial charge in [-0.1, -0.05) is 0 Å². The highest BCUT2D eigenvalue weighted by molar-refractivity contribution is 9.11. The lowest BCUT2D eigenvalue weighted by atomic mass is 10.0. The minimum absolute atomic E-state index is 0.220. The van der Waals surface area contributed by atoms with Crippen molar-refractivity contribution in [3.63, 3.8) is 0 Å². The third kappa shape index (κ3) is 4.03. The Balaban J connectivity index is 2.26. The Morgan fingerprint density at radius 2 is 2.24 bits per heavy atom. The second kappa shape index (κ2) is 7.35. The van der Waals surface area contributed by atoms with Crippen LogP contribution < -0.4 is 10.6 Å². The number of hydrogen-bond donors (Lipinski definition) is 2. The van der Waals surface area contributed by atoms with Gasteiger partial charge in [-0.25, -0.2) is 4.79 Å². The van der Waals surface area contributed by atoms with E-state index in [9.17, 15) is 4.79 Å². The van der Waals surface area contributed by atoms with Crippen LogP contribution in [0.4, 0.5) is 0 Å². The molecule has 1 aromatic rings. The number of carbonyl (C=O) groups is 1. The first-order chi connectivity index (χ1) is 10.0. The van der Waals surface area contributed by atoms with Crippen LogP contribution in [0.15, 0.2) is 27.2 Å². The number of rotatable bonds is 5. The largest absolute Gasteiger partial charge is 0.460 e. The van der Waals surface area contributed by atoms with Crippen LogP contribution in [0.25, 0.3) is 0 Å². The third-order valence-electron chi connectivity index (χ3n) is 2.89. The van der Waals surface area contributed by atoms with Gasteiger partial charge in [0, 0.05) is 17.7 Å². The van der Waals surface area contributed by atoms with E-state index < -0.39 is 0 Å². The van der Waals surface area contributed by atoms with Crippen molar-refractivity contribution in [1.29, 1.82) is 0 Å². The number of allylic oxidation sites excluding steroid dienone is 1. The lowest BCUT2D eigenvalue weighted by molar-refractivity contribution is -0.140. The number of thiocarbonyl (C=S) groups is 1. The van der Waals surface area contributed by atoms with Gasteiger partial charge in [0.25, 0.3) is 0 Å². The molecule has 0 bridgehead atoms. The van der Waals surface area contributed by atoms with Crippen LogP contribution >= 0.6 is 39.5 Å². The predicted molar refractivity (Wildman–Crippen MR) is 89.2 cm³/mol. The number of methoxy groups -OCH3 is 1. The van der Waals surface area contributed by atoms with E-state index in [1.807, 2.05) is 19.1 Å². The van der Waals surface area contributed by atoms with Crippen molar-refractivity contribution in [3.05, 3.63) is 32.1 Å². The Kier molecular flexibility index (Phi) is 5.74. The molecule has 0 saturated carbocycles.